The van der Waals surface area contributed by atoms with E-state index < -0.39 is 47.8 Å². The van der Waals surface area contributed by atoms with Crippen molar-refractivity contribution in [1.82, 2.24) is 25.5 Å². The summed E-state index contributed by atoms with van der Waals surface area (Å²) < 4.78 is 20.0. The lowest BCUT2D eigenvalue weighted by atomic mass is 10.0. The molecule has 1 saturated carbocycles. The number of rotatable bonds is 10. The first-order valence-corrected chi connectivity index (χ1v) is 13.6. The van der Waals surface area contributed by atoms with Crippen molar-refractivity contribution in [2.24, 2.45) is 11.8 Å². The van der Waals surface area contributed by atoms with Gasteiger partial charge in [-0.05, 0) is 24.0 Å². The molecule has 224 valence electrons. The molecule has 0 bridgehead atoms. The second-order valence-electron chi connectivity index (χ2n) is 11.5. The molecule has 2 heterocycles. The minimum absolute atomic E-state index is 0.0211. The zero-order valence-corrected chi connectivity index (χ0v) is 23.8. The van der Waals surface area contributed by atoms with Gasteiger partial charge < -0.3 is 24.9 Å². The molecule has 1 aliphatic carbocycles. The van der Waals surface area contributed by atoms with Gasteiger partial charge in [-0.1, -0.05) is 32.1 Å². The van der Waals surface area contributed by atoms with E-state index in [1.165, 1.54) is 21.9 Å². The Labute approximate surface area is 238 Å². The molecule has 41 heavy (non-hydrogen) atoms. The highest BCUT2D eigenvalue weighted by Gasteiger charge is 2.61. The quantitative estimate of drug-likeness (QED) is 0.283. The number of nitrogens with zero attached hydrogens (tertiary/aromatic N) is 3. The van der Waals surface area contributed by atoms with Crippen molar-refractivity contribution >= 4 is 24.1 Å². The summed E-state index contributed by atoms with van der Waals surface area (Å²) in [4.78, 5) is 60.2. The number of fused-ring (bicyclic) bond motifs is 1. The monoisotopic (exact) mass is 575 g/mol. The lowest BCUT2D eigenvalue weighted by molar-refractivity contribution is -0.144. The Balaban J connectivity index is 1.47. The van der Waals surface area contributed by atoms with Gasteiger partial charge in [-0.15, -0.1) is 12.1 Å². The van der Waals surface area contributed by atoms with E-state index in [0.717, 1.165) is 0 Å². The smallest absolute Gasteiger partial charge is 0.428 e. The average Bonchev–Trinajstić information content (AvgIpc) is 3.24. The number of carboxylic acid groups (broad SMARTS) is 1. The summed E-state index contributed by atoms with van der Waals surface area (Å²) in [7, 11) is 3.10. The number of carbonyl (C=O) groups excluding carboxylic acids is 3. The van der Waals surface area contributed by atoms with Gasteiger partial charge in [0, 0.05) is 51.6 Å². The Bertz CT molecular complexity index is 1210. The Morgan fingerprint density at radius 2 is 2.00 bits per heavy atom. The molecule has 12 nitrogen and oxygen atoms in total. The fourth-order valence-electron chi connectivity index (χ4n) is 5.32. The Morgan fingerprint density at radius 1 is 1.27 bits per heavy atom. The van der Waals surface area contributed by atoms with Crippen molar-refractivity contribution in [2.45, 2.75) is 63.5 Å². The number of carboxylic acids is 1. The number of nitrogens with one attached hydrogen (secondary N) is 2. The average molecular weight is 576 g/mol. The first-order valence-electron chi connectivity index (χ1n) is 13.6. The van der Waals surface area contributed by atoms with Gasteiger partial charge in [0.1, 0.15) is 17.5 Å². The highest BCUT2D eigenvalue weighted by molar-refractivity contribution is 5.93. The molecule has 2 fully saturated rings. The minimum atomic E-state index is -1.42. The van der Waals surface area contributed by atoms with E-state index in [0.29, 0.717) is 11.1 Å². The standard InChI is InChI=1S/C28H38FN5O7/c1-6-18-11-28(18,25(36)37)30-24(35)23-10-19(13-33(23)15-22(16(2)3)31-41-26(38)32(4)5)40-27(39)34-12-17-8-7-9-21(29)20(17)14-34/h6-9,16,18-19,22-23,31H,1,10-15H2,2-5H3,(H,30,35)(H,36,37)/t18-,19-,22?,23+,28?/m1/s1. The number of aliphatic carboxylic acids is 1. The van der Waals surface area contributed by atoms with Crippen molar-refractivity contribution in [3.8, 4) is 0 Å². The van der Waals surface area contributed by atoms with E-state index in [-0.39, 0.29) is 56.7 Å². The lowest BCUT2D eigenvalue weighted by Gasteiger charge is -2.31. The van der Waals surface area contributed by atoms with Crippen LogP contribution < -0.4 is 10.8 Å². The summed E-state index contributed by atoms with van der Waals surface area (Å²) in [5.74, 6) is -2.43. The SMILES string of the molecule is C=C[C@@H]1CC1(NC(=O)[C@@H]1C[C@@H](OC(=O)N2Cc3cccc(F)c3C2)CN1CC(NOC(=O)N(C)C)C(C)C)C(=O)O. The van der Waals surface area contributed by atoms with Gasteiger partial charge >= 0.3 is 18.2 Å². The fraction of sp³-hybridized carbons (Fsp3) is 0.571. The van der Waals surface area contributed by atoms with E-state index in [1.54, 1.807) is 31.1 Å². The van der Waals surface area contributed by atoms with Crippen LogP contribution in [0.4, 0.5) is 14.0 Å². The summed E-state index contributed by atoms with van der Waals surface area (Å²) in [6.07, 6.45) is -0.0106. The van der Waals surface area contributed by atoms with E-state index >= 15 is 0 Å². The van der Waals surface area contributed by atoms with Crippen molar-refractivity contribution in [3.05, 3.63) is 47.8 Å². The maximum atomic E-state index is 14.2. The molecule has 13 heteroatoms. The third-order valence-corrected chi connectivity index (χ3v) is 8.05. The van der Waals surface area contributed by atoms with Gasteiger partial charge in [0.2, 0.25) is 5.91 Å². The van der Waals surface area contributed by atoms with Crippen molar-refractivity contribution in [3.63, 3.8) is 0 Å². The maximum Gasteiger partial charge on any atom is 0.428 e. The number of carbonyl (C=O) groups is 4. The number of hydrogen-bond acceptors (Lipinski definition) is 8. The van der Waals surface area contributed by atoms with Crippen molar-refractivity contribution < 1.29 is 38.2 Å². The molecule has 2 aliphatic heterocycles. The molecule has 1 saturated heterocycles. The zero-order valence-electron chi connectivity index (χ0n) is 23.8. The summed E-state index contributed by atoms with van der Waals surface area (Å²) in [5.41, 5.74) is 2.52. The third-order valence-electron chi connectivity index (χ3n) is 8.05. The Hall–Kier alpha value is -3.71. The molecular formula is C28H38FN5O7. The maximum absolute atomic E-state index is 14.2. The molecule has 3 aliphatic rings. The zero-order chi connectivity index (χ0) is 30.1. The molecule has 0 radical (unpaired) electrons. The van der Waals surface area contributed by atoms with Crippen LogP contribution in [0.5, 0.6) is 0 Å². The van der Waals surface area contributed by atoms with Gasteiger partial charge in [0.25, 0.3) is 0 Å². The molecule has 5 atom stereocenters. The molecule has 3 amide bonds. The summed E-state index contributed by atoms with van der Waals surface area (Å²) in [6, 6.07) is 3.50. The van der Waals surface area contributed by atoms with Crippen LogP contribution in [0.2, 0.25) is 0 Å². The van der Waals surface area contributed by atoms with Crippen molar-refractivity contribution in [2.75, 3.05) is 27.2 Å². The number of halogens is 1. The third kappa shape index (κ3) is 6.46. The van der Waals surface area contributed by atoms with Crippen LogP contribution in [-0.4, -0.2) is 94.8 Å². The molecule has 1 aromatic rings. The van der Waals surface area contributed by atoms with Gasteiger partial charge in [-0.3, -0.25) is 14.6 Å². The summed E-state index contributed by atoms with van der Waals surface area (Å²) in [6.45, 7) is 8.25. The summed E-state index contributed by atoms with van der Waals surface area (Å²) in [5, 5.41) is 12.5. The van der Waals surface area contributed by atoms with Crippen LogP contribution >= 0.6 is 0 Å². The van der Waals surface area contributed by atoms with E-state index in [1.807, 2.05) is 13.8 Å². The molecule has 4 rings (SSSR count). The molecule has 0 aromatic heterocycles. The molecule has 3 N–H and O–H groups in total. The van der Waals surface area contributed by atoms with Gasteiger partial charge in [0.15, 0.2) is 0 Å². The number of benzene rings is 1. The summed E-state index contributed by atoms with van der Waals surface area (Å²) >= 11 is 0. The number of likely N-dealkylation sites (tertiary alicyclic amines) is 1. The lowest BCUT2D eigenvalue weighted by Crippen LogP contribution is -2.54. The van der Waals surface area contributed by atoms with E-state index in [2.05, 4.69) is 17.4 Å². The molecular weight excluding hydrogens is 537 g/mol. The molecule has 2 unspecified atom stereocenters. The number of amides is 3. The number of hydrogen-bond donors (Lipinski definition) is 3. The number of hydroxylamine groups is 1. The van der Waals surface area contributed by atoms with E-state index in [9.17, 15) is 28.7 Å². The predicted octanol–water partition coefficient (Wildman–Crippen LogP) is 2.09. The van der Waals surface area contributed by atoms with Crippen LogP contribution in [0, 0.1) is 17.7 Å². The van der Waals surface area contributed by atoms with Crippen LogP contribution in [0.1, 0.15) is 37.8 Å². The largest absolute Gasteiger partial charge is 0.479 e. The topological polar surface area (TPSA) is 141 Å². The predicted molar refractivity (Wildman–Crippen MR) is 145 cm³/mol. The second-order valence-corrected chi connectivity index (χ2v) is 11.5. The van der Waals surface area contributed by atoms with E-state index in [4.69, 9.17) is 9.57 Å². The highest BCUT2D eigenvalue weighted by atomic mass is 19.1. The number of ether oxygens (including phenoxy) is 1. The van der Waals surface area contributed by atoms with Crippen LogP contribution in [-0.2, 0) is 32.3 Å². The van der Waals surface area contributed by atoms with Gasteiger partial charge in [-0.25, -0.2) is 18.8 Å². The minimum Gasteiger partial charge on any atom is -0.479 e. The fourth-order valence-corrected chi connectivity index (χ4v) is 5.32. The Kier molecular flexibility index (Phi) is 8.88. The van der Waals surface area contributed by atoms with Crippen LogP contribution in [0.15, 0.2) is 30.9 Å². The molecule has 1 aromatic carbocycles. The van der Waals surface area contributed by atoms with Crippen LogP contribution in [0.3, 0.4) is 0 Å². The van der Waals surface area contributed by atoms with Crippen molar-refractivity contribution in [1.29, 1.82) is 0 Å². The van der Waals surface area contributed by atoms with Gasteiger partial charge in [-0.2, -0.15) is 0 Å². The normalized spacial score (nSPS) is 25.8. The second kappa shape index (κ2) is 12.0. The molecule has 0 spiro atoms. The van der Waals surface area contributed by atoms with Crippen LogP contribution in [0.25, 0.3) is 0 Å². The first-order chi connectivity index (χ1) is 19.4. The Morgan fingerprint density at radius 3 is 2.59 bits per heavy atom. The highest BCUT2D eigenvalue weighted by Crippen LogP contribution is 2.45. The first kappa shape index (κ1) is 30.3. The van der Waals surface area contributed by atoms with Gasteiger partial charge in [0.05, 0.1) is 18.6 Å².